The molecule has 1 saturated heterocycles. The topological polar surface area (TPSA) is 30.5 Å². The zero-order valence-corrected chi connectivity index (χ0v) is 15.4. The molecule has 1 fully saturated rings. The molecule has 0 saturated carbocycles. The van der Waals surface area contributed by atoms with Crippen LogP contribution in [-0.2, 0) is 27.3 Å². The van der Waals surface area contributed by atoms with Gasteiger partial charge < -0.3 is 9.05 Å². The van der Waals surface area contributed by atoms with Gasteiger partial charge in [-0.15, -0.1) is 0 Å². The van der Waals surface area contributed by atoms with Crippen molar-refractivity contribution < 1.29 is 9.05 Å². The van der Waals surface area contributed by atoms with Gasteiger partial charge in [-0.1, -0.05) is 72.8 Å². The molecule has 1 aliphatic heterocycles. The van der Waals surface area contributed by atoms with Gasteiger partial charge in [0.1, 0.15) is 6.10 Å². The van der Waals surface area contributed by atoms with Crippen molar-refractivity contribution in [2.75, 3.05) is 6.61 Å². The summed E-state index contributed by atoms with van der Waals surface area (Å²) in [7, 11) is 0. The Kier molecular flexibility index (Phi) is 5.99. The van der Waals surface area contributed by atoms with E-state index in [0.717, 1.165) is 12.0 Å². The van der Waals surface area contributed by atoms with E-state index < -0.39 is 6.64 Å². The summed E-state index contributed by atoms with van der Waals surface area (Å²) in [6.45, 7) is 0.0856. The summed E-state index contributed by atoms with van der Waals surface area (Å²) in [6, 6.07) is 20.7. The molecule has 1 N–H and O–H groups in total. The van der Waals surface area contributed by atoms with Gasteiger partial charge in [0.2, 0.25) is 0 Å². The van der Waals surface area contributed by atoms with Crippen LogP contribution in [0.5, 0.6) is 0 Å². The molecule has 0 radical (unpaired) electrons. The van der Waals surface area contributed by atoms with Crippen molar-refractivity contribution in [3.05, 3.63) is 83.9 Å². The monoisotopic (exact) mass is 359 g/mol. The average molecular weight is 359 g/mol. The minimum absolute atomic E-state index is 0.190. The van der Waals surface area contributed by atoms with E-state index in [1.165, 1.54) is 5.56 Å². The molecule has 2 aromatic rings. The highest BCUT2D eigenvalue weighted by Crippen LogP contribution is 2.52. The van der Waals surface area contributed by atoms with Gasteiger partial charge in [-0.2, -0.15) is 0 Å². The highest BCUT2D eigenvalue weighted by molar-refractivity contribution is 8.09. The van der Waals surface area contributed by atoms with Crippen LogP contribution in [0.15, 0.2) is 72.8 Å². The van der Waals surface area contributed by atoms with Crippen LogP contribution < -0.4 is 5.09 Å². The first kappa shape index (κ1) is 17.5. The fraction of sp³-hybridized carbons (Fsp3) is 0.263. The van der Waals surface area contributed by atoms with Gasteiger partial charge in [0.15, 0.2) is 0 Å². The Morgan fingerprint density at radius 2 is 1.88 bits per heavy atom. The number of rotatable bonds is 6. The third-order valence-corrected chi connectivity index (χ3v) is 6.42. The van der Waals surface area contributed by atoms with Crippen LogP contribution in [0, 0.1) is 0 Å². The summed E-state index contributed by atoms with van der Waals surface area (Å²) < 4.78 is 12.1. The minimum atomic E-state index is -2.48. The molecule has 3 rings (SSSR count). The van der Waals surface area contributed by atoms with Crippen molar-refractivity contribution in [2.45, 2.75) is 25.5 Å². The molecule has 1 aliphatic rings. The van der Waals surface area contributed by atoms with Gasteiger partial charge in [-0.3, -0.25) is 0 Å². The minimum Gasteiger partial charge on any atom is -0.316 e. The Labute approximate surface area is 148 Å². The lowest BCUT2D eigenvalue weighted by molar-refractivity contribution is 0.227. The van der Waals surface area contributed by atoms with Crippen molar-refractivity contribution in [1.29, 1.82) is 0 Å². The lowest BCUT2D eigenvalue weighted by Crippen LogP contribution is -2.24. The van der Waals surface area contributed by atoms with Crippen LogP contribution >= 0.6 is 6.64 Å². The van der Waals surface area contributed by atoms with Gasteiger partial charge in [0, 0.05) is 6.04 Å². The van der Waals surface area contributed by atoms with Crippen LogP contribution in [0.1, 0.15) is 24.2 Å². The lowest BCUT2D eigenvalue weighted by Gasteiger charge is -2.22. The maximum Gasteiger partial charge on any atom is 0.262 e. The van der Waals surface area contributed by atoms with Crippen molar-refractivity contribution in [2.24, 2.45) is 0 Å². The molecule has 3 unspecified atom stereocenters. The molecule has 5 heteroatoms. The van der Waals surface area contributed by atoms with E-state index >= 15 is 0 Å². The Morgan fingerprint density at radius 1 is 1.21 bits per heavy atom. The number of hydrogen-bond acceptors (Lipinski definition) is 3. The largest absolute Gasteiger partial charge is 0.316 e. The van der Waals surface area contributed by atoms with Gasteiger partial charge in [-0.25, -0.2) is 5.09 Å². The summed E-state index contributed by atoms with van der Waals surface area (Å²) >= 11 is 5.67. The molecule has 3 nitrogen and oxygen atoms in total. The molecule has 0 aromatic heterocycles. The summed E-state index contributed by atoms with van der Waals surface area (Å²) in [5.41, 5.74) is 2.35. The summed E-state index contributed by atoms with van der Waals surface area (Å²) in [6.07, 6.45) is 4.70. The summed E-state index contributed by atoms with van der Waals surface area (Å²) in [4.78, 5) is 0. The van der Waals surface area contributed by atoms with Crippen LogP contribution in [-0.4, -0.2) is 12.6 Å². The highest BCUT2D eigenvalue weighted by Gasteiger charge is 2.34. The van der Waals surface area contributed by atoms with E-state index in [1.54, 1.807) is 0 Å². The second-order valence-electron chi connectivity index (χ2n) is 5.77. The van der Waals surface area contributed by atoms with Crippen molar-refractivity contribution in [1.82, 2.24) is 5.09 Å². The normalized spacial score (nSPS) is 25.1. The van der Waals surface area contributed by atoms with Crippen molar-refractivity contribution in [3.63, 3.8) is 0 Å². The fourth-order valence-corrected chi connectivity index (χ4v) is 5.31. The van der Waals surface area contributed by atoms with Crippen LogP contribution in [0.2, 0.25) is 0 Å². The maximum absolute atomic E-state index is 6.20. The molecule has 126 valence electrons. The zero-order chi connectivity index (χ0) is 16.8. The molecular formula is C19H22NO2PS. The number of allylic oxidation sites excluding steroid dienone is 1. The molecule has 0 spiro atoms. The first-order valence-corrected chi connectivity index (χ1v) is 10.7. The molecule has 2 aromatic carbocycles. The molecule has 3 atom stereocenters. The third kappa shape index (κ3) is 4.62. The third-order valence-electron chi connectivity index (χ3n) is 3.86. The first-order valence-electron chi connectivity index (χ1n) is 8.11. The maximum atomic E-state index is 6.20. The Morgan fingerprint density at radius 3 is 2.54 bits per heavy atom. The van der Waals surface area contributed by atoms with E-state index in [0.29, 0.717) is 6.61 Å². The predicted octanol–water partition coefficient (Wildman–Crippen LogP) is 4.78. The first-order chi connectivity index (χ1) is 11.7. The summed E-state index contributed by atoms with van der Waals surface area (Å²) in [5, 5.41) is 3.42. The van der Waals surface area contributed by atoms with Crippen LogP contribution in [0.4, 0.5) is 0 Å². The van der Waals surface area contributed by atoms with Gasteiger partial charge in [0.25, 0.3) is 6.64 Å². The second kappa shape index (κ2) is 8.19. The van der Waals surface area contributed by atoms with Gasteiger partial charge >= 0.3 is 0 Å². The fourth-order valence-electron chi connectivity index (χ4n) is 2.72. The Balaban J connectivity index is 1.66. The van der Waals surface area contributed by atoms with E-state index in [1.807, 2.05) is 55.5 Å². The van der Waals surface area contributed by atoms with Crippen molar-refractivity contribution >= 4 is 18.4 Å². The molecule has 0 aliphatic carbocycles. The molecule has 0 bridgehead atoms. The van der Waals surface area contributed by atoms with Gasteiger partial charge in [0.05, 0.1) is 6.61 Å². The Bertz CT molecular complexity index is 721. The molecule has 24 heavy (non-hydrogen) atoms. The lowest BCUT2D eigenvalue weighted by atomic mass is 10.1. The number of nitrogens with one attached hydrogen (secondary N) is 1. The Hall–Kier alpha value is -1.29. The number of benzene rings is 2. The smallest absolute Gasteiger partial charge is 0.262 e. The van der Waals surface area contributed by atoms with E-state index in [9.17, 15) is 0 Å². The molecule has 1 heterocycles. The average Bonchev–Trinajstić information content (AvgIpc) is 2.97. The second-order valence-corrected chi connectivity index (χ2v) is 8.94. The van der Waals surface area contributed by atoms with Crippen LogP contribution in [0.25, 0.3) is 0 Å². The molecular weight excluding hydrogens is 337 g/mol. The standard InChI is InChI=1S/C19H22NO2PS/c1-2-9-19(17-12-7-4-8-13-17)22-23(24)20-18(15-21-23)14-16-10-5-3-6-11-16/h2-13,18-19H,14-15H2,1H3,(H,20,24)/b9-2+. The number of hydrogen-bond donors (Lipinski definition) is 1. The predicted molar refractivity (Wildman–Crippen MR) is 102 cm³/mol. The van der Waals surface area contributed by atoms with E-state index in [4.69, 9.17) is 20.9 Å². The van der Waals surface area contributed by atoms with E-state index in [2.05, 4.69) is 29.4 Å². The summed E-state index contributed by atoms with van der Waals surface area (Å²) in [5.74, 6) is 0. The quantitative estimate of drug-likeness (QED) is 0.594. The zero-order valence-electron chi connectivity index (χ0n) is 13.7. The SMILES string of the molecule is C/C=C/C(OP1(=S)NC(Cc2ccccc2)CO1)c1ccccc1. The van der Waals surface area contributed by atoms with Crippen LogP contribution in [0.3, 0.4) is 0 Å². The van der Waals surface area contributed by atoms with E-state index in [-0.39, 0.29) is 12.1 Å². The van der Waals surface area contributed by atoms with Gasteiger partial charge in [-0.05, 0) is 36.3 Å². The highest BCUT2D eigenvalue weighted by atomic mass is 32.5. The van der Waals surface area contributed by atoms with Crippen molar-refractivity contribution in [3.8, 4) is 0 Å². The molecule has 0 amide bonds.